The van der Waals surface area contributed by atoms with Crippen molar-refractivity contribution in [1.29, 1.82) is 5.26 Å². The predicted molar refractivity (Wildman–Crippen MR) is 73.4 cm³/mol. The molecule has 6 heteroatoms. The number of hydrogen-bond acceptors (Lipinski definition) is 5. The minimum Gasteiger partial charge on any atom is -0.495 e. The molecule has 1 aliphatic rings. The number of piperazine rings is 1. The summed E-state index contributed by atoms with van der Waals surface area (Å²) in [6, 6.07) is 3.95. The van der Waals surface area contributed by atoms with Gasteiger partial charge in [-0.05, 0) is 18.4 Å². The molecular formula is C13H17N3O2S. The SMILES string of the molecule is COc1ccsc1C(=O)N1CCN(C(C)C#N)CC1. The Hall–Kier alpha value is -1.58. The largest absolute Gasteiger partial charge is 0.495 e. The zero-order chi connectivity index (χ0) is 13.8. The van der Waals surface area contributed by atoms with Crippen LogP contribution in [0.5, 0.6) is 5.75 Å². The summed E-state index contributed by atoms with van der Waals surface area (Å²) in [6.45, 7) is 4.69. The number of thiophene rings is 1. The Balaban J connectivity index is 1.99. The van der Waals surface area contributed by atoms with Gasteiger partial charge in [0.25, 0.3) is 5.91 Å². The molecule has 0 saturated carbocycles. The highest BCUT2D eigenvalue weighted by molar-refractivity contribution is 7.12. The summed E-state index contributed by atoms with van der Waals surface area (Å²) in [4.78, 5) is 16.9. The first-order valence-corrected chi connectivity index (χ1v) is 7.09. The second kappa shape index (κ2) is 6.04. The van der Waals surface area contributed by atoms with Crippen LogP contribution in [0.3, 0.4) is 0 Å². The molecule has 0 aliphatic carbocycles. The van der Waals surface area contributed by atoms with Gasteiger partial charge in [0, 0.05) is 26.2 Å². The lowest BCUT2D eigenvalue weighted by atomic mass is 10.2. The number of nitrogens with zero attached hydrogens (tertiary/aromatic N) is 3. The molecule has 2 heterocycles. The van der Waals surface area contributed by atoms with Crippen LogP contribution in [0.15, 0.2) is 11.4 Å². The first-order valence-electron chi connectivity index (χ1n) is 6.21. The molecule has 0 bridgehead atoms. The number of hydrogen-bond donors (Lipinski definition) is 0. The summed E-state index contributed by atoms with van der Waals surface area (Å²) >= 11 is 1.41. The lowest BCUT2D eigenvalue weighted by molar-refractivity contribution is 0.0617. The van der Waals surface area contributed by atoms with Crippen LogP contribution in [0.25, 0.3) is 0 Å². The number of nitriles is 1. The smallest absolute Gasteiger partial charge is 0.267 e. The average molecular weight is 279 g/mol. The van der Waals surface area contributed by atoms with Gasteiger partial charge in [-0.1, -0.05) is 0 Å². The Labute approximate surface area is 117 Å². The molecule has 0 spiro atoms. The predicted octanol–water partition coefficient (Wildman–Crippen LogP) is 1.43. The molecule has 5 nitrogen and oxygen atoms in total. The maximum absolute atomic E-state index is 12.4. The zero-order valence-electron chi connectivity index (χ0n) is 11.1. The zero-order valence-corrected chi connectivity index (χ0v) is 11.9. The van der Waals surface area contributed by atoms with Gasteiger partial charge in [-0.25, -0.2) is 0 Å². The summed E-state index contributed by atoms with van der Waals surface area (Å²) in [6.07, 6.45) is 0. The van der Waals surface area contributed by atoms with Crippen LogP contribution in [0.4, 0.5) is 0 Å². The third-order valence-corrected chi connectivity index (χ3v) is 4.26. The molecule has 1 atom stereocenters. The summed E-state index contributed by atoms with van der Waals surface area (Å²) in [5.74, 6) is 0.666. The van der Waals surface area contributed by atoms with Crippen molar-refractivity contribution in [2.24, 2.45) is 0 Å². The average Bonchev–Trinajstić information content (AvgIpc) is 2.94. The van der Waals surface area contributed by atoms with Gasteiger partial charge in [-0.2, -0.15) is 5.26 Å². The first kappa shape index (κ1) is 13.8. The molecule has 1 unspecified atom stereocenters. The van der Waals surface area contributed by atoms with E-state index in [1.54, 1.807) is 7.11 Å². The van der Waals surface area contributed by atoms with Crippen molar-refractivity contribution in [2.45, 2.75) is 13.0 Å². The Morgan fingerprint density at radius 2 is 2.16 bits per heavy atom. The van der Waals surface area contributed by atoms with Crippen LogP contribution >= 0.6 is 11.3 Å². The van der Waals surface area contributed by atoms with Crippen LogP contribution in [0.1, 0.15) is 16.6 Å². The van der Waals surface area contributed by atoms with Gasteiger partial charge in [0.05, 0.1) is 19.2 Å². The van der Waals surface area contributed by atoms with E-state index in [9.17, 15) is 4.79 Å². The van der Waals surface area contributed by atoms with Gasteiger partial charge in [0.1, 0.15) is 10.6 Å². The fourth-order valence-electron chi connectivity index (χ4n) is 2.15. The molecule has 2 rings (SSSR count). The van der Waals surface area contributed by atoms with Crippen LogP contribution in [0.2, 0.25) is 0 Å². The Morgan fingerprint density at radius 3 is 2.74 bits per heavy atom. The minimum atomic E-state index is -0.0893. The van der Waals surface area contributed by atoms with Gasteiger partial charge in [0.15, 0.2) is 0 Å². The van der Waals surface area contributed by atoms with E-state index in [2.05, 4.69) is 11.0 Å². The number of ether oxygens (including phenoxy) is 1. The highest BCUT2D eigenvalue weighted by atomic mass is 32.1. The van der Waals surface area contributed by atoms with Gasteiger partial charge in [-0.3, -0.25) is 9.69 Å². The molecule has 1 aromatic heterocycles. The number of carbonyl (C=O) groups is 1. The second-order valence-corrected chi connectivity index (χ2v) is 5.37. The van der Waals surface area contributed by atoms with Crippen LogP contribution in [0, 0.1) is 11.3 Å². The van der Waals surface area contributed by atoms with Crippen LogP contribution in [-0.4, -0.2) is 55.0 Å². The normalized spacial score (nSPS) is 17.8. The monoisotopic (exact) mass is 279 g/mol. The number of carbonyl (C=O) groups excluding carboxylic acids is 1. The van der Waals surface area contributed by atoms with Gasteiger partial charge < -0.3 is 9.64 Å². The molecule has 0 aromatic carbocycles. The van der Waals surface area contributed by atoms with E-state index in [0.29, 0.717) is 23.7 Å². The fraction of sp³-hybridized carbons (Fsp3) is 0.538. The molecule has 102 valence electrons. The lowest BCUT2D eigenvalue weighted by Crippen LogP contribution is -2.50. The quantitative estimate of drug-likeness (QED) is 0.840. The van der Waals surface area contributed by atoms with E-state index in [0.717, 1.165) is 13.1 Å². The van der Waals surface area contributed by atoms with Gasteiger partial charge >= 0.3 is 0 Å². The highest BCUT2D eigenvalue weighted by Crippen LogP contribution is 2.26. The Morgan fingerprint density at radius 1 is 1.47 bits per heavy atom. The molecule has 1 fully saturated rings. The first-order chi connectivity index (χ1) is 9.17. The molecule has 19 heavy (non-hydrogen) atoms. The van der Waals surface area contributed by atoms with E-state index in [4.69, 9.17) is 10.00 Å². The van der Waals surface area contributed by atoms with E-state index in [1.165, 1.54) is 11.3 Å². The van der Waals surface area contributed by atoms with E-state index >= 15 is 0 Å². The van der Waals surface area contributed by atoms with Crippen molar-refractivity contribution >= 4 is 17.2 Å². The highest BCUT2D eigenvalue weighted by Gasteiger charge is 2.26. The maximum Gasteiger partial charge on any atom is 0.267 e. The van der Waals surface area contributed by atoms with Crippen molar-refractivity contribution in [2.75, 3.05) is 33.3 Å². The third kappa shape index (κ3) is 2.88. The number of amides is 1. The molecule has 0 radical (unpaired) electrons. The van der Waals surface area contributed by atoms with Crippen molar-refractivity contribution in [1.82, 2.24) is 9.80 Å². The molecule has 1 amide bonds. The molecule has 1 aromatic rings. The Kier molecular flexibility index (Phi) is 4.40. The van der Waals surface area contributed by atoms with Crippen molar-refractivity contribution < 1.29 is 9.53 Å². The van der Waals surface area contributed by atoms with Gasteiger partial charge in [0.2, 0.25) is 0 Å². The molecule has 0 N–H and O–H groups in total. The minimum absolute atomic E-state index is 0.0242. The van der Waals surface area contributed by atoms with Crippen LogP contribution in [-0.2, 0) is 0 Å². The van der Waals surface area contributed by atoms with Crippen molar-refractivity contribution in [3.05, 3.63) is 16.3 Å². The summed E-state index contributed by atoms with van der Waals surface area (Å²) in [7, 11) is 1.57. The van der Waals surface area contributed by atoms with Gasteiger partial charge in [-0.15, -0.1) is 11.3 Å². The fourth-order valence-corrected chi connectivity index (χ4v) is 2.98. The summed E-state index contributed by atoms with van der Waals surface area (Å²) in [5, 5.41) is 10.8. The summed E-state index contributed by atoms with van der Waals surface area (Å²) < 4.78 is 5.18. The number of rotatable bonds is 3. The molecule has 1 aliphatic heterocycles. The molecule has 1 saturated heterocycles. The third-order valence-electron chi connectivity index (χ3n) is 3.38. The van der Waals surface area contributed by atoms with Crippen molar-refractivity contribution in [3.63, 3.8) is 0 Å². The Bertz CT molecular complexity index is 486. The van der Waals surface area contributed by atoms with Crippen molar-refractivity contribution in [3.8, 4) is 11.8 Å². The standard InChI is InChI=1S/C13H17N3O2S/c1-10(9-14)15-4-6-16(7-5-15)13(17)12-11(18-2)3-8-19-12/h3,8,10H,4-7H2,1-2H3. The topological polar surface area (TPSA) is 56.6 Å². The lowest BCUT2D eigenvalue weighted by Gasteiger charge is -2.35. The summed E-state index contributed by atoms with van der Waals surface area (Å²) in [5.41, 5.74) is 0. The van der Waals surface area contributed by atoms with Crippen LogP contribution < -0.4 is 4.74 Å². The molecular weight excluding hydrogens is 262 g/mol. The second-order valence-electron chi connectivity index (χ2n) is 4.45. The number of methoxy groups -OCH3 is 1. The van der Waals surface area contributed by atoms with E-state index in [1.807, 2.05) is 23.3 Å². The maximum atomic E-state index is 12.4. The van der Waals surface area contributed by atoms with E-state index < -0.39 is 0 Å². The van der Waals surface area contributed by atoms with E-state index in [-0.39, 0.29) is 11.9 Å².